The van der Waals surface area contributed by atoms with Gasteiger partial charge in [0.25, 0.3) is 5.69 Å². The molecule has 6 heteroatoms. The van der Waals surface area contributed by atoms with Crippen LogP contribution in [0.25, 0.3) is 11.0 Å². The molecule has 3 rings (SSSR count). The van der Waals surface area contributed by atoms with E-state index in [0.717, 1.165) is 18.4 Å². The highest BCUT2D eigenvalue weighted by Gasteiger charge is 2.23. The van der Waals surface area contributed by atoms with Crippen LogP contribution in [0.1, 0.15) is 31.7 Å². The van der Waals surface area contributed by atoms with Crippen molar-refractivity contribution >= 4 is 16.7 Å². The van der Waals surface area contributed by atoms with Crippen LogP contribution >= 0.6 is 0 Å². The molecule has 88 valence electrons. The molecule has 1 heterocycles. The maximum absolute atomic E-state index is 10.9. The molecule has 6 nitrogen and oxygen atoms in total. The Morgan fingerprint density at radius 2 is 2.12 bits per heavy atom. The van der Waals surface area contributed by atoms with Crippen LogP contribution in [-0.4, -0.2) is 19.9 Å². The van der Waals surface area contributed by atoms with Crippen molar-refractivity contribution in [3.8, 4) is 0 Å². The predicted molar refractivity (Wildman–Crippen MR) is 61.7 cm³/mol. The van der Waals surface area contributed by atoms with E-state index in [1.165, 1.54) is 18.9 Å². The summed E-state index contributed by atoms with van der Waals surface area (Å²) in [6.07, 6.45) is 4.56. The number of nitrogens with zero attached hydrogens (tertiary/aromatic N) is 4. The van der Waals surface area contributed by atoms with Crippen LogP contribution in [0.4, 0.5) is 5.69 Å². The highest BCUT2D eigenvalue weighted by Crippen LogP contribution is 2.32. The van der Waals surface area contributed by atoms with Gasteiger partial charge in [-0.3, -0.25) is 10.1 Å². The van der Waals surface area contributed by atoms with Gasteiger partial charge in [-0.1, -0.05) is 24.1 Å². The molecule has 0 N–H and O–H groups in total. The van der Waals surface area contributed by atoms with E-state index in [4.69, 9.17) is 0 Å². The summed E-state index contributed by atoms with van der Waals surface area (Å²) in [5.41, 5.74) is 1.20. The fourth-order valence-electron chi connectivity index (χ4n) is 2.51. The van der Waals surface area contributed by atoms with Gasteiger partial charge in [0.05, 0.1) is 16.5 Å². The average Bonchev–Trinajstić information content (AvgIpc) is 2.96. The number of hydrogen-bond donors (Lipinski definition) is 0. The van der Waals surface area contributed by atoms with Gasteiger partial charge in [-0.2, -0.15) is 0 Å². The van der Waals surface area contributed by atoms with E-state index in [-0.39, 0.29) is 5.69 Å². The molecule has 1 saturated carbocycles. The minimum atomic E-state index is -0.407. The minimum Gasteiger partial charge on any atom is -0.258 e. The zero-order valence-corrected chi connectivity index (χ0v) is 9.24. The lowest BCUT2D eigenvalue weighted by Crippen LogP contribution is -2.06. The number of nitro groups is 1. The first-order chi connectivity index (χ1) is 8.27. The molecule has 0 atom stereocenters. The molecule has 17 heavy (non-hydrogen) atoms. The smallest absolute Gasteiger partial charge is 0.258 e. The zero-order valence-electron chi connectivity index (χ0n) is 9.24. The van der Waals surface area contributed by atoms with Crippen LogP contribution in [0.15, 0.2) is 18.2 Å². The van der Waals surface area contributed by atoms with E-state index < -0.39 is 4.92 Å². The van der Waals surface area contributed by atoms with E-state index in [2.05, 4.69) is 10.3 Å². The molecule has 1 aromatic carbocycles. The van der Waals surface area contributed by atoms with Crippen molar-refractivity contribution in [1.29, 1.82) is 0 Å². The molecule has 1 aliphatic rings. The third-order valence-corrected chi connectivity index (χ3v) is 3.35. The topological polar surface area (TPSA) is 73.8 Å². The van der Waals surface area contributed by atoms with Crippen molar-refractivity contribution in [3.05, 3.63) is 28.3 Å². The van der Waals surface area contributed by atoms with Crippen molar-refractivity contribution in [2.75, 3.05) is 0 Å². The Kier molecular flexibility index (Phi) is 2.28. The molecule has 0 aliphatic heterocycles. The third kappa shape index (κ3) is 1.56. The molecule has 1 aromatic heterocycles. The molecule has 1 aliphatic carbocycles. The van der Waals surface area contributed by atoms with Crippen molar-refractivity contribution in [3.63, 3.8) is 0 Å². The minimum absolute atomic E-state index is 0.0340. The Hall–Kier alpha value is -1.98. The number of fused-ring (bicyclic) bond motifs is 1. The lowest BCUT2D eigenvalue weighted by Gasteiger charge is -2.09. The summed E-state index contributed by atoms with van der Waals surface area (Å²) in [6.45, 7) is 0. The summed E-state index contributed by atoms with van der Waals surface area (Å²) >= 11 is 0. The Morgan fingerprint density at radius 1 is 1.35 bits per heavy atom. The van der Waals surface area contributed by atoms with Gasteiger partial charge in [-0.05, 0) is 18.9 Å². The van der Waals surface area contributed by atoms with E-state index in [1.54, 1.807) is 6.07 Å². The van der Waals surface area contributed by atoms with Crippen molar-refractivity contribution in [1.82, 2.24) is 15.0 Å². The fraction of sp³-hybridized carbons (Fsp3) is 0.455. The van der Waals surface area contributed by atoms with Crippen LogP contribution < -0.4 is 0 Å². The zero-order chi connectivity index (χ0) is 11.8. The monoisotopic (exact) mass is 232 g/mol. The maximum Gasteiger partial charge on any atom is 0.299 e. The van der Waals surface area contributed by atoms with Crippen molar-refractivity contribution < 1.29 is 4.92 Å². The lowest BCUT2D eigenvalue weighted by molar-refractivity contribution is -0.383. The summed E-state index contributed by atoms with van der Waals surface area (Å²) in [5, 5.41) is 18.9. The second-order valence-electron chi connectivity index (χ2n) is 4.37. The van der Waals surface area contributed by atoms with Gasteiger partial charge >= 0.3 is 0 Å². The van der Waals surface area contributed by atoms with Gasteiger partial charge in [0.1, 0.15) is 0 Å². The van der Waals surface area contributed by atoms with Gasteiger partial charge in [0.15, 0.2) is 5.52 Å². The molecule has 0 radical (unpaired) electrons. The van der Waals surface area contributed by atoms with E-state index in [1.807, 2.05) is 10.7 Å². The van der Waals surface area contributed by atoms with Crippen LogP contribution in [0, 0.1) is 10.1 Å². The number of rotatable bonds is 2. The van der Waals surface area contributed by atoms with Crippen LogP contribution in [-0.2, 0) is 0 Å². The van der Waals surface area contributed by atoms with Crippen LogP contribution in [0.3, 0.4) is 0 Å². The first kappa shape index (κ1) is 10.2. The maximum atomic E-state index is 10.9. The Morgan fingerprint density at radius 3 is 2.82 bits per heavy atom. The highest BCUT2D eigenvalue weighted by molar-refractivity contribution is 5.83. The molecule has 0 saturated heterocycles. The van der Waals surface area contributed by atoms with Crippen LogP contribution in [0.2, 0.25) is 0 Å². The Bertz CT molecular complexity index is 572. The molecule has 0 amide bonds. The Labute approximate surface area is 97.4 Å². The summed E-state index contributed by atoms with van der Waals surface area (Å²) in [7, 11) is 0. The van der Waals surface area contributed by atoms with Gasteiger partial charge in [-0.25, -0.2) is 4.68 Å². The van der Waals surface area contributed by atoms with E-state index in [9.17, 15) is 10.1 Å². The standard InChI is InChI=1S/C11H12N4O2/c16-15(17)10-7-3-6-9-11(10)12-13-14(9)8-4-1-2-5-8/h3,6-8H,1-2,4-5H2. The SMILES string of the molecule is O=[N+]([O-])c1cccc2c1nnn2C1CCCC1. The van der Waals surface area contributed by atoms with Gasteiger partial charge < -0.3 is 0 Å². The van der Waals surface area contributed by atoms with E-state index in [0.29, 0.717) is 11.6 Å². The molecular formula is C11H12N4O2. The number of benzene rings is 1. The normalized spacial score (nSPS) is 16.7. The lowest BCUT2D eigenvalue weighted by atomic mass is 10.2. The predicted octanol–water partition coefficient (Wildman–Crippen LogP) is 2.45. The first-order valence-corrected chi connectivity index (χ1v) is 5.75. The third-order valence-electron chi connectivity index (χ3n) is 3.35. The van der Waals surface area contributed by atoms with E-state index >= 15 is 0 Å². The second kappa shape index (κ2) is 3.80. The summed E-state index contributed by atoms with van der Waals surface area (Å²) < 4.78 is 1.84. The van der Waals surface area contributed by atoms with Crippen molar-refractivity contribution in [2.45, 2.75) is 31.7 Å². The second-order valence-corrected chi connectivity index (χ2v) is 4.37. The molecule has 0 unspecified atom stereocenters. The summed E-state index contributed by atoms with van der Waals surface area (Å²) in [5.74, 6) is 0. The Balaban J connectivity index is 2.15. The molecule has 2 aromatic rings. The fourth-order valence-corrected chi connectivity index (χ4v) is 2.51. The molecule has 0 spiro atoms. The summed E-state index contributed by atoms with van der Waals surface area (Å²) in [6, 6.07) is 5.35. The number of aromatic nitrogens is 3. The first-order valence-electron chi connectivity index (χ1n) is 5.75. The number of hydrogen-bond acceptors (Lipinski definition) is 4. The van der Waals surface area contributed by atoms with Gasteiger partial charge in [-0.15, -0.1) is 5.10 Å². The van der Waals surface area contributed by atoms with Crippen molar-refractivity contribution in [2.24, 2.45) is 0 Å². The summed E-state index contributed by atoms with van der Waals surface area (Å²) in [4.78, 5) is 10.5. The average molecular weight is 232 g/mol. The molecule has 1 fully saturated rings. The highest BCUT2D eigenvalue weighted by atomic mass is 16.6. The largest absolute Gasteiger partial charge is 0.299 e. The van der Waals surface area contributed by atoms with Gasteiger partial charge in [0.2, 0.25) is 0 Å². The van der Waals surface area contributed by atoms with Gasteiger partial charge in [0, 0.05) is 6.07 Å². The number of non-ortho nitro benzene ring substituents is 1. The quantitative estimate of drug-likeness (QED) is 0.588. The molecular weight excluding hydrogens is 220 g/mol. The van der Waals surface area contributed by atoms with Crippen LogP contribution in [0.5, 0.6) is 0 Å². The molecule has 0 bridgehead atoms. The number of nitro benzene ring substituents is 1.